The zero-order valence-corrected chi connectivity index (χ0v) is 17.5. The molecule has 7 nitrogen and oxygen atoms in total. The molecule has 160 valence electrons. The summed E-state index contributed by atoms with van der Waals surface area (Å²) in [4.78, 5) is 11.8. The van der Waals surface area contributed by atoms with Crippen LogP contribution in [0.2, 0.25) is 0 Å². The second-order valence-electron chi connectivity index (χ2n) is 6.97. The number of rotatable bonds is 12. The normalized spacial score (nSPS) is 10.6. The predicted octanol–water partition coefficient (Wildman–Crippen LogP) is 4.33. The van der Waals surface area contributed by atoms with Gasteiger partial charge < -0.3 is 25.4 Å². The van der Waals surface area contributed by atoms with E-state index in [1.807, 2.05) is 24.3 Å². The van der Waals surface area contributed by atoms with Crippen molar-refractivity contribution in [3.8, 4) is 0 Å². The number of anilines is 2. The Morgan fingerprint density at radius 1 is 0.900 bits per heavy atom. The molecule has 2 aromatic carbocycles. The molecule has 0 atom stereocenters. The average Bonchev–Trinajstić information content (AvgIpc) is 2.74. The molecule has 2 aromatic rings. The Morgan fingerprint density at radius 3 is 2.00 bits per heavy atom. The van der Waals surface area contributed by atoms with Gasteiger partial charge in [0.15, 0.2) is 6.73 Å². The number of ether oxygens (including phenoxy) is 2. The van der Waals surface area contributed by atoms with E-state index in [1.54, 1.807) is 0 Å². The fraction of sp³-hybridized carbons (Fsp3) is 0.261. The minimum Gasteiger partial charge on any atom is -0.487 e. The van der Waals surface area contributed by atoms with E-state index >= 15 is 0 Å². The first-order chi connectivity index (χ1) is 14.5. The lowest BCUT2D eigenvalue weighted by atomic mass is 9.78. The van der Waals surface area contributed by atoms with E-state index in [0.29, 0.717) is 19.1 Å². The van der Waals surface area contributed by atoms with Crippen LogP contribution in [0.1, 0.15) is 25.0 Å². The van der Waals surface area contributed by atoms with Crippen molar-refractivity contribution in [2.45, 2.75) is 19.3 Å². The summed E-state index contributed by atoms with van der Waals surface area (Å²) in [5, 5.41) is 11.7. The molecule has 0 fully saturated rings. The molecule has 30 heavy (non-hydrogen) atoms. The van der Waals surface area contributed by atoms with Gasteiger partial charge in [-0.15, -0.1) is 0 Å². The van der Waals surface area contributed by atoms with E-state index in [1.165, 1.54) is 18.1 Å². The lowest BCUT2D eigenvalue weighted by molar-refractivity contribution is 0.211. The van der Waals surface area contributed by atoms with Crippen LogP contribution in [0.15, 0.2) is 74.2 Å². The van der Waals surface area contributed by atoms with Gasteiger partial charge in [-0.2, -0.15) is 0 Å². The second kappa shape index (κ2) is 11.5. The van der Waals surface area contributed by atoms with Gasteiger partial charge in [-0.3, -0.25) is 5.32 Å². The van der Waals surface area contributed by atoms with Gasteiger partial charge in [-0.25, -0.2) is 4.79 Å². The first-order valence-electron chi connectivity index (χ1n) is 9.63. The number of carbonyl (C=O) groups is 1. The molecule has 0 aliphatic carbocycles. The standard InChI is InChI=1S/C23H30N4O3/c1-5-29-16-24-15-25-20-11-7-18(8-12-20)23(3,4)19-9-13-21(14-10-19)27-22(28)26-17-30-6-2/h5-14,24-25H,1-2,15-17H2,3-4H3,(H2,26,27,28). The SMILES string of the molecule is C=COCNCNc1ccc(C(C)(C)c2ccc(NC(=O)NCOC=C)cc2)cc1. The van der Waals surface area contributed by atoms with Gasteiger partial charge in [0.1, 0.15) is 6.73 Å². The lowest BCUT2D eigenvalue weighted by Crippen LogP contribution is -2.30. The third-order valence-corrected chi connectivity index (χ3v) is 4.63. The molecule has 0 saturated heterocycles. The summed E-state index contributed by atoms with van der Waals surface area (Å²) < 4.78 is 9.89. The maximum atomic E-state index is 11.8. The van der Waals surface area contributed by atoms with Gasteiger partial charge in [0.05, 0.1) is 19.2 Å². The summed E-state index contributed by atoms with van der Waals surface area (Å²) in [5.41, 5.74) is 3.88. The number of carbonyl (C=O) groups excluding carboxylic acids is 1. The summed E-state index contributed by atoms with van der Waals surface area (Å²) in [5.74, 6) is 0. The molecule has 0 saturated carbocycles. The van der Waals surface area contributed by atoms with E-state index in [9.17, 15) is 4.79 Å². The van der Waals surface area contributed by atoms with Crippen LogP contribution in [0.4, 0.5) is 16.2 Å². The maximum Gasteiger partial charge on any atom is 0.321 e. The van der Waals surface area contributed by atoms with Crippen LogP contribution in [0.3, 0.4) is 0 Å². The van der Waals surface area contributed by atoms with E-state index in [0.717, 1.165) is 11.3 Å². The van der Waals surface area contributed by atoms with E-state index in [2.05, 4.69) is 72.5 Å². The van der Waals surface area contributed by atoms with Crippen LogP contribution in [0, 0.1) is 0 Å². The molecular formula is C23H30N4O3. The predicted molar refractivity (Wildman–Crippen MR) is 121 cm³/mol. The van der Waals surface area contributed by atoms with Gasteiger partial charge in [0.25, 0.3) is 0 Å². The number of nitrogens with one attached hydrogen (secondary N) is 4. The summed E-state index contributed by atoms with van der Waals surface area (Å²) in [7, 11) is 0. The van der Waals surface area contributed by atoms with Gasteiger partial charge in [-0.1, -0.05) is 51.3 Å². The molecular weight excluding hydrogens is 380 g/mol. The van der Waals surface area contributed by atoms with Crippen molar-refractivity contribution in [3.63, 3.8) is 0 Å². The molecule has 7 heteroatoms. The molecule has 2 amide bonds. The molecule has 0 spiro atoms. The first-order valence-corrected chi connectivity index (χ1v) is 9.63. The van der Waals surface area contributed by atoms with Crippen molar-refractivity contribution in [3.05, 3.63) is 85.3 Å². The smallest absolute Gasteiger partial charge is 0.321 e. The Bertz CT molecular complexity index is 817. The summed E-state index contributed by atoms with van der Waals surface area (Å²) in [6.07, 6.45) is 2.68. The third kappa shape index (κ3) is 6.86. The quantitative estimate of drug-likeness (QED) is 0.238. The fourth-order valence-electron chi connectivity index (χ4n) is 2.82. The molecule has 0 heterocycles. The van der Waals surface area contributed by atoms with Gasteiger partial charge >= 0.3 is 6.03 Å². The van der Waals surface area contributed by atoms with Crippen molar-refractivity contribution in [2.24, 2.45) is 0 Å². The molecule has 0 unspecified atom stereocenters. The molecule has 0 bridgehead atoms. The number of amides is 2. The summed E-state index contributed by atoms with van der Waals surface area (Å²) in [6, 6.07) is 15.8. The van der Waals surface area contributed by atoms with Gasteiger partial charge in [0, 0.05) is 16.8 Å². The number of hydrogen-bond donors (Lipinski definition) is 4. The van der Waals surface area contributed by atoms with Crippen molar-refractivity contribution in [1.82, 2.24) is 10.6 Å². The Labute approximate surface area is 178 Å². The molecule has 4 N–H and O–H groups in total. The van der Waals surface area contributed by atoms with Gasteiger partial charge in [0.2, 0.25) is 0 Å². The highest BCUT2D eigenvalue weighted by atomic mass is 16.5. The van der Waals surface area contributed by atoms with E-state index < -0.39 is 0 Å². The Kier molecular flexibility index (Phi) is 8.77. The van der Waals surface area contributed by atoms with Crippen LogP contribution in [-0.2, 0) is 14.9 Å². The molecule has 0 aromatic heterocycles. The topological polar surface area (TPSA) is 83.7 Å². The van der Waals surface area contributed by atoms with E-state index in [-0.39, 0.29) is 18.2 Å². The number of urea groups is 1. The number of hydrogen-bond acceptors (Lipinski definition) is 5. The summed E-state index contributed by atoms with van der Waals surface area (Å²) >= 11 is 0. The third-order valence-electron chi connectivity index (χ3n) is 4.63. The van der Waals surface area contributed by atoms with E-state index in [4.69, 9.17) is 9.47 Å². The van der Waals surface area contributed by atoms with Gasteiger partial charge in [-0.05, 0) is 35.4 Å². The van der Waals surface area contributed by atoms with Crippen LogP contribution in [0.5, 0.6) is 0 Å². The highest BCUT2D eigenvalue weighted by Gasteiger charge is 2.23. The fourth-order valence-corrected chi connectivity index (χ4v) is 2.82. The second-order valence-corrected chi connectivity index (χ2v) is 6.97. The zero-order valence-electron chi connectivity index (χ0n) is 17.5. The molecule has 0 aliphatic heterocycles. The van der Waals surface area contributed by atoms with Crippen LogP contribution < -0.4 is 21.3 Å². The van der Waals surface area contributed by atoms with Crippen molar-refractivity contribution >= 4 is 17.4 Å². The maximum absolute atomic E-state index is 11.8. The van der Waals surface area contributed by atoms with Crippen molar-refractivity contribution in [2.75, 3.05) is 30.8 Å². The summed E-state index contributed by atoms with van der Waals surface area (Å²) in [6.45, 7) is 12.3. The number of benzene rings is 2. The minimum absolute atomic E-state index is 0.0734. The zero-order chi connectivity index (χ0) is 21.8. The highest BCUT2D eigenvalue weighted by Crippen LogP contribution is 2.32. The van der Waals surface area contributed by atoms with Crippen molar-refractivity contribution in [1.29, 1.82) is 0 Å². The largest absolute Gasteiger partial charge is 0.487 e. The van der Waals surface area contributed by atoms with Crippen molar-refractivity contribution < 1.29 is 14.3 Å². The minimum atomic E-state index is -0.336. The Morgan fingerprint density at radius 2 is 1.43 bits per heavy atom. The van der Waals surface area contributed by atoms with Crippen LogP contribution in [-0.4, -0.2) is 26.2 Å². The average molecular weight is 411 g/mol. The molecule has 0 radical (unpaired) electrons. The van der Waals surface area contributed by atoms with Crippen LogP contribution in [0.25, 0.3) is 0 Å². The molecule has 2 rings (SSSR count). The highest BCUT2D eigenvalue weighted by molar-refractivity contribution is 5.89. The molecule has 0 aliphatic rings. The monoisotopic (exact) mass is 410 g/mol. The Balaban J connectivity index is 1.94. The first kappa shape index (κ1) is 22.8. The van der Waals surface area contributed by atoms with Crippen LogP contribution >= 0.6 is 0 Å². The Hall–Kier alpha value is -3.45. The lowest BCUT2D eigenvalue weighted by Gasteiger charge is -2.26.